The first kappa shape index (κ1) is 16.3. The SMILES string of the molecule is COc1ccc(Br)c(NS(=O)(=O)CCS(C)(=O)=O)c1. The van der Waals surface area contributed by atoms with Crippen molar-refractivity contribution in [2.24, 2.45) is 0 Å². The monoisotopic (exact) mass is 371 g/mol. The van der Waals surface area contributed by atoms with Gasteiger partial charge in [-0.25, -0.2) is 16.8 Å². The number of methoxy groups -OCH3 is 1. The Morgan fingerprint density at radius 1 is 1.21 bits per heavy atom. The van der Waals surface area contributed by atoms with E-state index in [1.165, 1.54) is 13.2 Å². The van der Waals surface area contributed by atoms with Crippen LogP contribution in [0.1, 0.15) is 0 Å². The van der Waals surface area contributed by atoms with Crippen LogP contribution in [0.4, 0.5) is 5.69 Å². The van der Waals surface area contributed by atoms with E-state index in [1.807, 2.05) is 0 Å². The molecule has 0 aliphatic rings. The maximum Gasteiger partial charge on any atom is 0.233 e. The summed E-state index contributed by atoms with van der Waals surface area (Å²) < 4.78 is 53.3. The summed E-state index contributed by atoms with van der Waals surface area (Å²) in [5.74, 6) is -0.427. The van der Waals surface area contributed by atoms with E-state index >= 15 is 0 Å². The maximum absolute atomic E-state index is 11.8. The molecule has 0 spiro atoms. The molecule has 19 heavy (non-hydrogen) atoms. The van der Waals surface area contributed by atoms with E-state index in [4.69, 9.17) is 4.74 Å². The zero-order valence-corrected chi connectivity index (χ0v) is 13.6. The van der Waals surface area contributed by atoms with Crippen molar-refractivity contribution in [2.75, 3.05) is 29.6 Å². The number of sulfonamides is 1. The van der Waals surface area contributed by atoms with Gasteiger partial charge < -0.3 is 4.74 Å². The Bertz CT molecular complexity index is 654. The lowest BCUT2D eigenvalue weighted by Crippen LogP contribution is -2.22. The molecule has 0 saturated carbocycles. The second-order valence-electron chi connectivity index (χ2n) is 3.90. The van der Waals surface area contributed by atoms with Crippen LogP contribution >= 0.6 is 15.9 Å². The molecular weight excluding hydrogens is 358 g/mol. The molecule has 0 aromatic heterocycles. The Balaban J connectivity index is 2.89. The zero-order valence-electron chi connectivity index (χ0n) is 10.4. The van der Waals surface area contributed by atoms with Gasteiger partial charge in [0.1, 0.15) is 15.6 Å². The lowest BCUT2D eigenvalue weighted by atomic mass is 10.3. The average molecular weight is 372 g/mol. The van der Waals surface area contributed by atoms with Gasteiger partial charge in [-0.1, -0.05) is 0 Å². The van der Waals surface area contributed by atoms with E-state index in [0.29, 0.717) is 15.9 Å². The average Bonchev–Trinajstić information content (AvgIpc) is 2.29. The van der Waals surface area contributed by atoms with Crippen molar-refractivity contribution in [2.45, 2.75) is 0 Å². The molecule has 1 aromatic rings. The zero-order chi connectivity index (χ0) is 14.7. The number of hydrogen-bond acceptors (Lipinski definition) is 5. The number of anilines is 1. The van der Waals surface area contributed by atoms with Crippen molar-refractivity contribution in [1.29, 1.82) is 0 Å². The van der Waals surface area contributed by atoms with Crippen molar-refractivity contribution in [1.82, 2.24) is 0 Å². The highest BCUT2D eigenvalue weighted by Gasteiger charge is 2.16. The second kappa shape index (κ2) is 6.10. The quantitative estimate of drug-likeness (QED) is 0.812. The van der Waals surface area contributed by atoms with Crippen LogP contribution in [-0.2, 0) is 19.9 Å². The molecule has 0 amide bonds. The second-order valence-corrected chi connectivity index (χ2v) is 8.85. The fraction of sp³-hybridized carbons (Fsp3) is 0.400. The molecule has 0 aliphatic carbocycles. The van der Waals surface area contributed by atoms with Crippen LogP contribution in [0.5, 0.6) is 5.75 Å². The molecule has 0 heterocycles. The Labute approximate surface area is 121 Å². The maximum atomic E-state index is 11.8. The van der Waals surface area contributed by atoms with Crippen molar-refractivity contribution in [3.8, 4) is 5.75 Å². The van der Waals surface area contributed by atoms with Gasteiger partial charge in [0.15, 0.2) is 0 Å². The molecule has 1 rings (SSSR count). The molecule has 1 N–H and O–H groups in total. The lowest BCUT2D eigenvalue weighted by molar-refractivity contribution is 0.415. The fourth-order valence-electron chi connectivity index (χ4n) is 1.19. The highest BCUT2D eigenvalue weighted by molar-refractivity contribution is 9.10. The normalized spacial score (nSPS) is 12.2. The summed E-state index contributed by atoms with van der Waals surface area (Å²) in [7, 11) is -5.59. The van der Waals surface area contributed by atoms with E-state index in [9.17, 15) is 16.8 Å². The van der Waals surface area contributed by atoms with Crippen molar-refractivity contribution in [3.63, 3.8) is 0 Å². The molecule has 0 unspecified atom stereocenters. The van der Waals surface area contributed by atoms with E-state index < -0.39 is 31.4 Å². The number of nitrogens with one attached hydrogen (secondary N) is 1. The third kappa shape index (κ3) is 5.79. The molecular formula is C10H14BrNO5S2. The molecule has 0 bridgehead atoms. The van der Waals surface area contributed by atoms with E-state index in [2.05, 4.69) is 20.7 Å². The van der Waals surface area contributed by atoms with Gasteiger partial charge in [0.05, 0.1) is 24.3 Å². The third-order valence-corrected chi connectivity index (χ3v) is 5.33. The molecule has 9 heteroatoms. The number of ether oxygens (including phenoxy) is 1. The molecule has 0 fully saturated rings. The number of rotatable bonds is 6. The molecule has 0 radical (unpaired) electrons. The molecule has 0 aliphatic heterocycles. The summed E-state index contributed by atoms with van der Waals surface area (Å²) in [4.78, 5) is 0. The van der Waals surface area contributed by atoms with E-state index in [0.717, 1.165) is 6.26 Å². The van der Waals surface area contributed by atoms with Crippen LogP contribution in [0, 0.1) is 0 Å². The largest absolute Gasteiger partial charge is 0.497 e. The molecule has 0 saturated heterocycles. The number of hydrogen-bond donors (Lipinski definition) is 1. The Morgan fingerprint density at radius 3 is 2.37 bits per heavy atom. The molecule has 6 nitrogen and oxygen atoms in total. The summed E-state index contributed by atoms with van der Waals surface area (Å²) in [6, 6.07) is 4.80. The Hall–Kier alpha value is -0.800. The van der Waals surface area contributed by atoms with E-state index in [-0.39, 0.29) is 0 Å². The molecule has 0 atom stereocenters. The first-order chi connectivity index (χ1) is 8.63. The number of sulfone groups is 1. The topological polar surface area (TPSA) is 89.5 Å². The van der Waals surface area contributed by atoms with Gasteiger partial charge in [0.25, 0.3) is 0 Å². The lowest BCUT2D eigenvalue weighted by Gasteiger charge is -2.10. The summed E-state index contributed by atoms with van der Waals surface area (Å²) in [5, 5.41) is 0. The van der Waals surface area contributed by atoms with Crippen LogP contribution in [0.15, 0.2) is 22.7 Å². The fourth-order valence-corrected chi connectivity index (χ4v) is 4.36. The van der Waals surface area contributed by atoms with Gasteiger partial charge in [-0.3, -0.25) is 4.72 Å². The van der Waals surface area contributed by atoms with Gasteiger partial charge in [-0.05, 0) is 28.1 Å². The number of benzene rings is 1. The Kier molecular flexibility index (Phi) is 5.22. The van der Waals surface area contributed by atoms with Gasteiger partial charge in [-0.2, -0.15) is 0 Å². The summed E-state index contributed by atoms with van der Waals surface area (Å²) in [6.07, 6.45) is 0.990. The van der Waals surface area contributed by atoms with Crippen LogP contribution in [0.25, 0.3) is 0 Å². The van der Waals surface area contributed by atoms with Crippen molar-refractivity contribution < 1.29 is 21.6 Å². The minimum atomic E-state index is -3.73. The van der Waals surface area contributed by atoms with Crippen LogP contribution in [0.3, 0.4) is 0 Å². The Morgan fingerprint density at radius 2 is 1.84 bits per heavy atom. The first-order valence-electron chi connectivity index (χ1n) is 5.15. The predicted molar refractivity (Wildman–Crippen MR) is 77.8 cm³/mol. The highest BCUT2D eigenvalue weighted by atomic mass is 79.9. The van der Waals surface area contributed by atoms with Crippen molar-refractivity contribution in [3.05, 3.63) is 22.7 Å². The summed E-state index contributed by atoms with van der Waals surface area (Å²) in [6.45, 7) is 0. The highest BCUT2D eigenvalue weighted by Crippen LogP contribution is 2.27. The van der Waals surface area contributed by atoms with Gasteiger partial charge in [0, 0.05) is 16.8 Å². The minimum Gasteiger partial charge on any atom is -0.497 e. The summed E-state index contributed by atoms with van der Waals surface area (Å²) in [5.41, 5.74) is 0.299. The molecule has 108 valence electrons. The van der Waals surface area contributed by atoms with E-state index in [1.54, 1.807) is 12.1 Å². The van der Waals surface area contributed by atoms with Gasteiger partial charge in [-0.15, -0.1) is 0 Å². The van der Waals surface area contributed by atoms with Crippen LogP contribution in [-0.4, -0.2) is 41.7 Å². The predicted octanol–water partition coefficient (Wildman–Crippen LogP) is 1.24. The third-order valence-electron chi connectivity index (χ3n) is 2.16. The minimum absolute atomic E-state index is 0.299. The van der Waals surface area contributed by atoms with Crippen LogP contribution in [0.2, 0.25) is 0 Å². The molecule has 1 aromatic carbocycles. The summed E-state index contributed by atoms with van der Waals surface area (Å²) >= 11 is 3.20. The standard InChI is InChI=1S/C10H14BrNO5S2/c1-17-8-3-4-9(11)10(7-8)12-19(15,16)6-5-18(2,13)14/h3-4,7,12H,5-6H2,1-2H3. The van der Waals surface area contributed by atoms with Crippen LogP contribution < -0.4 is 9.46 Å². The number of halogens is 1. The van der Waals surface area contributed by atoms with Gasteiger partial charge >= 0.3 is 0 Å². The van der Waals surface area contributed by atoms with Gasteiger partial charge in [0.2, 0.25) is 10.0 Å². The van der Waals surface area contributed by atoms with Crippen molar-refractivity contribution >= 4 is 41.5 Å². The first-order valence-corrected chi connectivity index (χ1v) is 9.65. The smallest absolute Gasteiger partial charge is 0.233 e.